The number of aryl methyl sites for hydroxylation is 1. The zero-order valence-corrected chi connectivity index (χ0v) is 21.9. The van der Waals surface area contributed by atoms with Gasteiger partial charge in [-0.05, 0) is 68.9 Å². The maximum Gasteiger partial charge on any atom is 0.324 e. The number of aliphatic hydroxyl groups is 1. The van der Waals surface area contributed by atoms with Crippen molar-refractivity contribution in [3.63, 3.8) is 0 Å². The Labute approximate surface area is 213 Å². The van der Waals surface area contributed by atoms with Crippen LogP contribution in [0.5, 0.6) is 5.88 Å². The van der Waals surface area contributed by atoms with E-state index in [-0.39, 0.29) is 11.8 Å². The molecule has 36 heavy (non-hydrogen) atoms. The Kier molecular flexibility index (Phi) is 6.94. The summed E-state index contributed by atoms with van der Waals surface area (Å²) in [5, 5.41) is 13.9. The molecule has 2 atom stereocenters. The van der Waals surface area contributed by atoms with Gasteiger partial charge in [-0.1, -0.05) is 19.0 Å². The number of aromatic nitrogens is 3. The van der Waals surface area contributed by atoms with E-state index >= 15 is 0 Å². The number of carbonyl (C=O) groups excluding carboxylic acids is 1. The van der Waals surface area contributed by atoms with Gasteiger partial charge in [0.05, 0.1) is 31.7 Å². The van der Waals surface area contributed by atoms with Crippen molar-refractivity contribution in [2.45, 2.75) is 71.3 Å². The van der Waals surface area contributed by atoms with E-state index in [9.17, 15) is 9.90 Å². The minimum absolute atomic E-state index is 0.0272. The largest absolute Gasteiger partial charge is 0.477 e. The lowest BCUT2D eigenvalue weighted by Crippen LogP contribution is -2.62. The number of carbonyl (C=O) groups is 1. The van der Waals surface area contributed by atoms with Crippen molar-refractivity contribution < 1.29 is 19.2 Å². The zero-order valence-electron chi connectivity index (χ0n) is 21.9. The third kappa shape index (κ3) is 5.66. The minimum Gasteiger partial charge on any atom is -0.477 e. The van der Waals surface area contributed by atoms with Crippen LogP contribution in [0.3, 0.4) is 0 Å². The molecule has 1 unspecified atom stereocenters. The van der Waals surface area contributed by atoms with Gasteiger partial charge in [-0.15, -0.1) is 0 Å². The third-order valence-electron chi connectivity index (χ3n) is 7.93. The van der Waals surface area contributed by atoms with E-state index in [0.29, 0.717) is 38.0 Å². The van der Waals surface area contributed by atoms with Gasteiger partial charge in [0, 0.05) is 30.8 Å². The van der Waals surface area contributed by atoms with Crippen LogP contribution in [0, 0.1) is 24.7 Å². The zero-order chi connectivity index (χ0) is 25.4. The van der Waals surface area contributed by atoms with Crippen LogP contribution < -0.4 is 9.64 Å². The van der Waals surface area contributed by atoms with Crippen molar-refractivity contribution in [3.05, 3.63) is 29.2 Å². The van der Waals surface area contributed by atoms with Crippen molar-refractivity contribution in [2.75, 3.05) is 37.7 Å². The number of hydrogen-bond acceptors (Lipinski definition) is 8. The highest BCUT2D eigenvalue weighted by molar-refractivity contribution is 5.79. The second-order valence-corrected chi connectivity index (χ2v) is 11.6. The summed E-state index contributed by atoms with van der Waals surface area (Å²) in [5.41, 5.74) is 1.09. The molecular formula is C27H39N5O4. The molecule has 0 radical (unpaired) electrons. The molecule has 3 aliphatic rings. The molecule has 4 heterocycles. The van der Waals surface area contributed by atoms with Crippen molar-refractivity contribution in [2.24, 2.45) is 17.8 Å². The van der Waals surface area contributed by atoms with E-state index in [2.05, 4.69) is 33.9 Å². The van der Waals surface area contributed by atoms with Crippen LogP contribution in [0.25, 0.3) is 0 Å². The number of piperidine rings is 1. The highest BCUT2D eigenvalue weighted by atomic mass is 16.5. The predicted molar refractivity (Wildman–Crippen MR) is 135 cm³/mol. The fourth-order valence-electron chi connectivity index (χ4n) is 5.70. The van der Waals surface area contributed by atoms with Crippen LogP contribution in [0.15, 0.2) is 16.8 Å². The van der Waals surface area contributed by atoms with E-state index in [1.807, 2.05) is 13.0 Å². The van der Waals surface area contributed by atoms with E-state index < -0.39 is 5.60 Å². The van der Waals surface area contributed by atoms with Gasteiger partial charge in [-0.2, -0.15) is 4.98 Å². The number of nitrogens with zero attached hydrogens (tertiary/aromatic N) is 5. The number of anilines is 1. The van der Waals surface area contributed by atoms with Crippen LogP contribution in [-0.4, -0.2) is 69.4 Å². The smallest absolute Gasteiger partial charge is 0.324 e. The summed E-state index contributed by atoms with van der Waals surface area (Å²) in [7, 11) is 0. The number of ether oxygens (including phenoxy) is 1. The maximum absolute atomic E-state index is 12.4. The standard InChI is InChI=1S/C27H39N5O4/c1-17(2)24-29-26(36-30-24)31-8-5-20(6-9-31)22-13-21(22)7-10-35-25-18(3)11-19(14-28-25)12-23(33)32-15-27(4,34)16-32/h11,14,17,20-22,34H,5-10,12-13,15-16H2,1-4H3/t21?,22-/m1/s1. The molecular weight excluding hydrogens is 458 g/mol. The van der Waals surface area contributed by atoms with Gasteiger partial charge < -0.3 is 24.2 Å². The van der Waals surface area contributed by atoms with Gasteiger partial charge in [-0.25, -0.2) is 4.98 Å². The molecule has 2 aromatic rings. The topological polar surface area (TPSA) is 105 Å². The Morgan fingerprint density at radius 2 is 2.06 bits per heavy atom. The molecule has 0 spiro atoms. The van der Waals surface area contributed by atoms with Gasteiger partial charge in [0.15, 0.2) is 5.82 Å². The van der Waals surface area contributed by atoms with Crippen molar-refractivity contribution in [3.8, 4) is 5.88 Å². The van der Waals surface area contributed by atoms with Crippen LogP contribution in [0.4, 0.5) is 6.01 Å². The first-order valence-electron chi connectivity index (χ1n) is 13.4. The molecule has 9 nitrogen and oxygen atoms in total. The van der Waals surface area contributed by atoms with Crippen molar-refractivity contribution in [1.29, 1.82) is 0 Å². The monoisotopic (exact) mass is 497 g/mol. The Hall–Kier alpha value is -2.68. The molecule has 5 rings (SSSR count). The number of rotatable bonds is 9. The van der Waals surface area contributed by atoms with Gasteiger partial charge in [0.25, 0.3) is 0 Å². The molecule has 1 N–H and O–H groups in total. The summed E-state index contributed by atoms with van der Waals surface area (Å²) in [5.74, 6) is 4.06. The Bertz CT molecular complexity index is 1070. The first kappa shape index (κ1) is 25.0. The van der Waals surface area contributed by atoms with Crippen molar-refractivity contribution in [1.82, 2.24) is 20.0 Å². The average molecular weight is 498 g/mol. The quantitative estimate of drug-likeness (QED) is 0.562. The summed E-state index contributed by atoms with van der Waals surface area (Å²) in [6.45, 7) is 11.3. The second kappa shape index (κ2) is 10.00. The fourth-order valence-corrected chi connectivity index (χ4v) is 5.70. The maximum atomic E-state index is 12.4. The van der Waals surface area contributed by atoms with E-state index in [1.54, 1.807) is 18.0 Å². The number of likely N-dealkylation sites (tertiary alicyclic amines) is 1. The molecule has 1 aliphatic carbocycles. The molecule has 0 aromatic carbocycles. The van der Waals surface area contributed by atoms with E-state index in [4.69, 9.17) is 9.26 Å². The van der Waals surface area contributed by atoms with E-state index in [0.717, 1.165) is 54.2 Å². The Balaban J connectivity index is 1.01. The van der Waals surface area contributed by atoms with Crippen LogP contribution >= 0.6 is 0 Å². The van der Waals surface area contributed by atoms with Crippen LogP contribution in [0.2, 0.25) is 0 Å². The van der Waals surface area contributed by atoms with Crippen LogP contribution in [0.1, 0.15) is 69.3 Å². The molecule has 0 bridgehead atoms. The Morgan fingerprint density at radius 1 is 1.31 bits per heavy atom. The van der Waals surface area contributed by atoms with Gasteiger partial charge >= 0.3 is 6.01 Å². The highest BCUT2D eigenvalue weighted by Crippen LogP contribution is 2.50. The summed E-state index contributed by atoms with van der Waals surface area (Å²) < 4.78 is 11.5. The molecule has 2 aromatic heterocycles. The summed E-state index contributed by atoms with van der Waals surface area (Å²) in [6.07, 6.45) is 6.75. The average Bonchev–Trinajstić information content (AvgIpc) is 3.41. The molecule has 1 amide bonds. The van der Waals surface area contributed by atoms with Crippen molar-refractivity contribution >= 4 is 11.9 Å². The minimum atomic E-state index is -0.744. The number of β-amino-alcohol motifs (C(OH)–C–C–N with tert-alkyl or cyclic N) is 1. The predicted octanol–water partition coefficient (Wildman–Crippen LogP) is 3.35. The molecule has 2 saturated heterocycles. The third-order valence-corrected chi connectivity index (χ3v) is 7.93. The molecule has 3 fully saturated rings. The number of hydrogen-bond donors (Lipinski definition) is 1. The van der Waals surface area contributed by atoms with E-state index in [1.165, 1.54) is 19.3 Å². The van der Waals surface area contributed by atoms with Gasteiger partial charge in [0.2, 0.25) is 11.8 Å². The van der Waals surface area contributed by atoms with Gasteiger partial charge in [-0.3, -0.25) is 4.79 Å². The number of pyridine rings is 1. The van der Waals surface area contributed by atoms with Crippen LogP contribution in [-0.2, 0) is 11.2 Å². The molecule has 1 saturated carbocycles. The summed E-state index contributed by atoms with van der Waals surface area (Å²) >= 11 is 0. The lowest BCUT2D eigenvalue weighted by atomic mass is 9.90. The SMILES string of the molecule is Cc1cc(CC(=O)N2CC(C)(O)C2)cnc1OCCC1C[C@@H]1C1CCN(c2nc(C(C)C)no2)CC1. The first-order chi connectivity index (χ1) is 17.2. The fraction of sp³-hybridized carbons (Fsp3) is 0.704. The molecule has 9 heteroatoms. The normalized spacial score (nSPS) is 23.6. The number of amides is 1. The summed E-state index contributed by atoms with van der Waals surface area (Å²) in [4.78, 5) is 25.3. The van der Waals surface area contributed by atoms with Gasteiger partial charge in [0.1, 0.15) is 0 Å². The molecule has 2 aliphatic heterocycles. The first-order valence-corrected chi connectivity index (χ1v) is 13.4. The second-order valence-electron chi connectivity index (χ2n) is 11.6. The molecule has 196 valence electrons. The highest BCUT2D eigenvalue weighted by Gasteiger charge is 2.43. The Morgan fingerprint density at radius 3 is 2.69 bits per heavy atom. The lowest BCUT2D eigenvalue weighted by molar-refractivity contribution is -0.151. The lowest BCUT2D eigenvalue weighted by Gasteiger charge is -2.44. The summed E-state index contributed by atoms with van der Waals surface area (Å²) in [6, 6.07) is 2.66.